The van der Waals surface area contributed by atoms with Gasteiger partial charge >= 0.3 is 0 Å². The van der Waals surface area contributed by atoms with E-state index in [1.807, 2.05) is 42.5 Å². The molecule has 2 aliphatic heterocycles. The molecule has 2 atom stereocenters. The molecule has 2 amide bonds. The normalized spacial score (nSPS) is 16.2. The number of ketones is 2. The van der Waals surface area contributed by atoms with Crippen LogP contribution in [0.4, 0.5) is 11.4 Å². The standard InChI is InChI=1S/C23H18ClN3O4.C23H20ClN3O2/c24-17-7-8-20-16(11-17)12-22(28)21(13-18-5-1-2-9-25-18)26(23(20)29)14-15-4-3-6-19(10-15)27(30)31;24-17-7-8-20-16(11-17)12-22(28)21(13-19-6-1-2-9-26-19)27(23(20)29)14-15-4-3-5-18(25)10-15/h1-11,21H,12-14H2;1-11,21H,12-14,25H2/t2*21-/m11/s1. The second-order valence-electron chi connectivity index (χ2n) is 14.5. The molecular formula is C46H38Cl2N6O6. The molecule has 2 N–H and O–H groups in total. The maximum Gasteiger partial charge on any atom is 0.269 e. The molecule has 14 heteroatoms. The van der Waals surface area contributed by atoms with Crippen LogP contribution in [0, 0.1) is 10.1 Å². The molecule has 302 valence electrons. The van der Waals surface area contributed by atoms with E-state index in [2.05, 4.69) is 9.97 Å². The van der Waals surface area contributed by atoms with Crippen LogP contribution in [0.5, 0.6) is 0 Å². The Balaban J connectivity index is 0.000000182. The second-order valence-corrected chi connectivity index (χ2v) is 15.4. The number of hydrogen-bond donors (Lipinski definition) is 1. The molecular weight excluding hydrogens is 803 g/mol. The van der Waals surface area contributed by atoms with Gasteiger partial charge in [0.25, 0.3) is 17.5 Å². The maximum atomic E-state index is 13.5. The van der Waals surface area contributed by atoms with E-state index in [1.165, 1.54) is 17.0 Å². The van der Waals surface area contributed by atoms with Crippen molar-refractivity contribution in [1.82, 2.24) is 19.8 Å². The van der Waals surface area contributed by atoms with Crippen LogP contribution in [-0.4, -0.2) is 60.2 Å². The van der Waals surface area contributed by atoms with E-state index in [0.29, 0.717) is 55.7 Å². The first-order chi connectivity index (χ1) is 28.9. The highest BCUT2D eigenvalue weighted by Gasteiger charge is 2.37. The van der Waals surface area contributed by atoms with Gasteiger partial charge in [-0.3, -0.25) is 39.3 Å². The van der Waals surface area contributed by atoms with Gasteiger partial charge < -0.3 is 15.5 Å². The summed E-state index contributed by atoms with van der Waals surface area (Å²) in [5.41, 5.74) is 11.5. The molecule has 0 unspecified atom stereocenters. The van der Waals surface area contributed by atoms with Crippen LogP contribution in [0.1, 0.15) is 54.4 Å². The van der Waals surface area contributed by atoms with Gasteiger partial charge in [-0.15, -0.1) is 0 Å². The number of carbonyl (C=O) groups is 4. The summed E-state index contributed by atoms with van der Waals surface area (Å²) in [6.45, 7) is 0.348. The molecule has 0 bridgehead atoms. The van der Waals surface area contributed by atoms with Crippen molar-refractivity contribution in [3.63, 3.8) is 0 Å². The number of nitrogens with two attached hydrogens (primary N) is 1. The van der Waals surface area contributed by atoms with Gasteiger partial charge in [0.15, 0.2) is 11.6 Å². The number of pyridine rings is 2. The van der Waals surface area contributed by atoms with Crippen molar-refractivity contribution < 1.29 is 24.1 Å². The van der Waals surface area contributed by atoms with Crippen LogP contribution < -0.4 is 5.73 Å². The van der Waals surface area contributed by atoms with Gasteiger partial charge in [-0.05, 0) is 95.1 Å². The molecule has 6 aromatic rings. The van der Waals surface area contributed by atoms with Crippen molar-refractivity contribution in [2.75, 3.05) is 5.73 Å². The van der Waals surface area contributed by atoms with Crippen molar-refractivity contribution in [2.45, 2.75) is 50.9 Å². The number of aromatic nitrogens is 2. The highest BCUT2D eigenvalue weighted by molar-refractivity contribution is 6.31. The summed E-state index contributed by atoms with van der Waals surface area (Å²) < 4.78 is 0. The number of amides is 2. The highest BCUT2D eigenvalue weighted by atomic mass is 35.5. The molecule has 0 spiro atoms. The monoisotopic (exact) mass is 840 g/mol. The fraction of sp³-hybridized carbons (Fsp3) is 0.174. The van der Waals surface area contributed by atoms with Crippen molar-refractivity contribution in [2.24, 2.45) is 0 Å². The van der Waals surface area contributed by atoms with E-state index >= 15 is 0 Å². The van der Waals surface area contributed by atoms with Crippen LogP contribution in [0.2, 0.25) is 10.0 Å². The minimum absolute atomic E-state index is 0.0334. The summed E-state index contributed by atoms with van der Waals surface area (Å²) in [4.78, 5) is 75.9. The Morgan fingerprint density at radius 3 is 1.55 bits per heavy atom. The second kappa shape index (κ2) is 18.4. The number of hydrogen-bond acceptors (Lipinski definition) is 9. The highest BCUT2D eigenvalue weighted by Crippen LogP contribution is 2.29. The zero-order valence-electron chi connectivity index (χ0n) is 32.1. The quantitative estimate of drug-likeness (QED) is 0.0870. The first kappa shape index (κ1) is 41.4. The lowest BCUT2D eigenvalue weighted by Crippen LogP contribution is -2.44. The summed E-state index contributed by atoms with van der Waals surface area (Å²) in [5.74, 6) is -0.671. The Morgan fingerprint density at radius 2 is 1.10 bits per heavy atom. The van der Waals surface area contributed by atoms with E-state index < -0.39 is 17.0 Å². The number of carbonyl (C=O) groups excluding carboxylic acids is 4. The van der Waals surface area contributed by atoms with Gasteiger partial charge in [0.2, 0.25) is 0 Å². The third-order valence-corrected chi connectivity index (χ3v) is 10.8. The average Bonchev–Trinajstić information content (AvgIpc) is 3.38. The Morgan fingerprint density at radius 1 is 0.617 bits per heavy atom. The lowest BCUT2D eigenvalue weighted by atomic mass is 9.99. The van der Waals surface area contributed by atoms with Crippen LogP contribution in [0.25, 0.3) is 0 Å². The number of Topliss-reactive ketones (excluding diaryl/α,β-unsaturated/α-hetero) is 2. The molecule has 2 aromatic heterocycles. The first-order valence-corrected chi connectivity index (χ1v) is 19.8. The number of halogens is 2. The molecule has 2 aliphatic rings. The van der Waals surface area contributed by atoms with Gasteiger partial charge in [0.1, 0.15) is 0 Å². The van der Waals surface area contributed by atoms with Gasteiger partial charge in [-0.2, -0.15) is 0 Å². The van der Waals surface area contributed by atoms with Crippen LogP contribution >= 0.6 is 23.2 Å². The summed E-state index contributed by atoms with van der Waals surface area (Å²) in [6, 6.07) is 33.0. The van der Waals surface area contributed by atoms with Gasteiger partial charge in [0.05, 0.1) is 17.0 Å². The van der Waals surface area contributed by atoms with Crippen LogP contribution in [-0.2, 0) is 48.4 Å². The fourth-order valence-electron chi connectivity index (χ4n) is 7.48. The molecule has 4 aromatic carbocycles. The number of nitro benzene ring substituents is 1. The van der Waals surface area contributed by atoms with Crippen LogP contribution in [0.15, 0.2) is 134 Å². The van der Waals surface area contributed by atoms with Gasteiger partial charge in [0, 0.05) is 102 Å². The Hall–Kier alpha value is -6.76. The number of nitrogens with zero attached hydrogens (tertiary/aromatic N) is 5. The van der Waals surface area contributed by atoms with Crippen molar-refractivity contribution in [1.29, 1.82) is 0 Å². The first-order valence-electron chi connectivity index (χ1n) is 19.0. The number of anilines is 1. The summed E-state index contributed by atoms with van der Waals surface area (Å²) >= 11 is 12.2. The van der Waals surface area contributed by atoms with E-state index in [1.54, 1.807) is 84.0 Å². The van der Waals surface area contributed by atoms with Crippen molar-refractivity contribution >= 4 is 58.0 Å². The van der Waals surface area contributed by atoms with E-state index in [9.17, 15) is 29.3 Å². The topological polar surface area (TPSA) is 170 Å². The van der Waals surface area contributed by atoms with Crippen LogP contribution in [0.3, 0.4) is 0 Å². The molecule has 0 fully saturated rings. The van der Waals surface area contributed by atoms with Gasteiger partial charge in [-0.25, -0.2) is 0 Å². The number of nitro groups is 1. The minimum atomic E-state index is -0.757. The Bertz CT molecular complexity index is 2590. The molecule has 60 heavy (non-hydrogen) atoms. The molecule has 0 saturated heterocycles. The lowest BCUT2D eigenvalue weighted by Gasteiger charge is -2.29. The molecule has 8 rings (SSSR count). The number of fused-ring (bicyclic) bond motifs is 2. The zero-order valence-corrected chi connectivity index (χ0v) is 33.6. The lowest BCUT2D eigenvalue weighted by molar-refractivity contribution is -0.384. The Kier molecular flexibility index (Phi) is 12.7. The van der Waals surface area contributed by atoms with Crippen molar-refractivity contribution in [3.8, 4) is 0 Å². The number of rotatable bonds is 9. The Labute approximate surface area is 355 Å². The molecule has 4 heterocycles. The summed E-state index contributed by atoms with van der Waals surface area (Å²) in [7, 11) is 0. The third-order valence-electron chi connectivity index (χ3n) is 10.4. The van der Waals surface area contributed by atoms with Gasteiger partial charge in [-0.1, -0.05) is 59.6 Å². The molecule has 0 aliphatic carbocycles. The SMILES string of the molecule is Nc1cccc(CN2C(=O)c3ccc(Cl)cc3CC(=O)[C@H]2Cc2ccccn2)c1.O=C1Cc2cc(Cl)ccc2C(=O)N(Cc2cccc([N+](=O)[O-])c2)[C@@H]1Cc1ccccn1. The minimum Gasteiger partial charge on any atom is -0.399 e. The summed E-state index contributed by atoms with van der Waals surface area (Å²) in [6.07, 6.45) is 4.17. The largest absolute Gasteiger partial charge is 0.399 e. The predicted molar refractivity (Wildman–Crippen MR) is 227 cm³/mol. The fourth-order valence-corrected chi connectivity index (χ4v) is 7.87. The third kappa shape index (κ3) is 9.74. The van der Waals surface area contributed by atoms with E-state index in [0.717, 1.165) is 11.3 Å². The predicted octanol–water partition coefficient (Wildman–Crippen LogP) is 7.72. The van der Waals surface area contributed by atoms with E-state index in [-0.39, 0.29) is 61.4 Å². The molecule has 12 nitrogen and oxygen atoms in total. The zero-order chi connectivity index (χ0) is 42.3. The number of nitrogen functional groups attached to an aromatic ring is 1. The molecule has 0 radical (unpaired) electrons. The smallest absolute Gasteiger partial charge is 0.269 e. The average molecular weight is 842 g/mol. The number of non-ortho nitro benzene ring substituents is 1. The van der Waals surface area contributed by atoms with Crippen molar-refractivity contribution in [3.05, 3.63) is 199 Å². The molecule has 0 saturated carbocycles. The maximum absolute atomic E-state index is 13.5. The van der Waals surface area contributed by atoms with E-state index in [4.69, 9.17) is 28.9 Å². The summed E-state index contributed by atoms with van der Waals surface area (Å²) in [5, 5.41) is 12.1. The number of benzene rings is 4.